The Kier molecular flexibility index (Phi) is 6.63. The van der Waals surface area contributed by atoms with E-state index in [1.807, 2.05) is 30.3 Å². The molecule has 3 heterocycles. The van der Waals surface area contributed by atoms with E-state index in [1.165, 1.54) is 0 Å². The van der Waals surface area contributed by atoms with E-state index < -0.39 is 0 Å². The van der Waals surface area contributed by atoms with Crippen LogP contribution in [0.3, 0.4) is 0 Å². The van der Waals surface area contributed by atoms with Crippen molar-refractivity contribution in [2.75, 3.05) is 30.0 Å². The van der Waals surface area contributed by atoms with E-state index in [-0.39, 0.29) is 18.1 Å². The van der Waals surface area contributed by atoms with Gasteiger partial charge in [-0.3, -0.25) is 4.79 Å². The lowest BCUT2D eigenvalue weighted by atomic mass is 10.1. The minimum atomic E-state index is -0.357. The van der Waals surface area contributed by atoms with Gasteiger partial charge in [0.25, 0.3) is 0 Å². The fourth-order valence-corrected chi connectivity index (χ4v) is 4.47. The Labute approximate surface area is 209 Å². The number of hydrogen-bond acceptors (Lipinski definition) is 8. The lowest BCUT2D eigenvalue weighted by Gasteiger charge is -2.24. The third-order valence-corrected chi connectivity index (χ3v) is 6.23. The zero-order valence-electron chi connectivity index (χ0n) is 19.7. The molecule has 2 aliphatic rings. The van der Waals surface area contributed by atoms with Crippen LogP contribution in [-0.4, -0.2) is 35.7 Å². The molecule has 182 valence electrons. The second-order valence-electron chi connectivity index (χ2n) is 8.45. The van der Waals surface area contributed by atoms with Crippen LogP contribution in [0.15, 0.2) is 48.8 Å². The van der Waals surface area contributed by atoms with Gasteiger partial charge in [0.05, 0.1) is 29.1 Å². The van der Waals surface area contributed by atoms with Crippen LogP contribution in [0.4, 0.5) is 17.3 Å². The number of hydrogen-bond donors (Lipinski definition) is 1. The van der Waals surface area contributed by atoms with Gasteiger partial charge in [0.15, 0.2) is 6.10 Å². The Bertz CT molecular complexity index is 1220. The Balaban J connectivity index is 1.37. The molecule has 0 aliphatic carbocycles. The highest BCUT2D eigenvalue weighted by molar-refractivity contribution is 6.30. The summed E-state index contributed by atoms with van der Waals surface area (Å²) in [4.78, 5) is 22.6. The van der Waals surface area contributed by atoms with Crippen molar-refractivity contribution in [2.45, 2.75) is 38.8 Å². The molecule has 35 heavy (non-hydrogen) atoms. The Morgan fingerprint density at radius 3 is 2.74 bits per heavy atom. The number of anilines is 3. The van der Waals surface area contributed by atoms with Crippen LogP contribution in [0.25, 0.3) is 0 Å². The van der Waals surface area contributed by atoms with Gasteiger partial charge in [0.2, 0.25) is 5.95 Å². The van der Waals surface area contributed by atoms with Crippen molar-refractivity contribution < 1.29 is 19.0 Å². The molecule has 1 N–H and O–H groups in total. The maximum absolute atomic E-state index is 11.7. The predicted molar refractivity (Wildman–Crippen MR) is 134 cm³/mol. The fourth-order valence-electron chi connectivity index (χ4n) is 4.37. The van der Waals surface area contributed by atoms with E-state index in [0.717, 1.165) is 47.0 Å². The molecular formula is C26H27ClN4O4. The van der Waals surface area contributed by atoms with Gasteiger partial charge in [-0.15, -0.1) is 0 Å². The van der Waals surface area contributed by atoms with Crippen molar-refractivity contribution in [2.24, 2.45) is 0 Å². The van der Waals surface area contributed by atoms with Crippen LogP contribution < -0.4 is 19.7 Å². The van der Waals surface area contributed by atoms with Crippen LogP contribution in [0.1, 0.15) is 50.0 Å². The summed E-state index contributed by atoms with van der Waals surface area (Å²) in [6.45, 7) is 5.46. The van der Waals surface area contributed by atoms with E-state index >= 15 is 0 Å². The number of rotatable bonds is 8. The molecule has 0 fully saturated rings. The van der Waals surface area contributed by atoms with Gasteiger partial charge >= 0.3 is 5.97 Å². The van der Waals surface area contributed by atoms with E-state index in [4.69, 9.17) is 25.8 Å². The average Bonchev–Trinajstić information content (AvgIpc) is 3.47. The van der Waals surface area contributed by atoms with E-state index in [1.54, 1.807) is 19.3 Å². The number of halogens is 1. The summed E-state index contributed by atoms with van der Waals surface area (Å²) in [5, 5.41) is 4.06. The number of benzene rings is 2. The number of aromatic nitrogens is 2. The lowest BCUT2D eigenvalue weighted by molar-refractivity contribution is -0.149. The smallest absolute Gasteiger partial charge is 0.306 e. The average molecular weight is 495 g/mol. The molecule has 0 saturated carbocycles. The molecule has 0 unspecified atom stereocenters. The molecule has 3 aromatic rings. The molecule has 1 aromatic heterocycles. The van der Waals surface area contributed by atoms with Gasteiger partial charge < -0.3 is 24.4 Å². The monoisotopic (exact) mass is 494 g/mol. The molecule has 2 aromatic carbocycles. The number of esters is 1. The molecule has 2 aliphatic heterocycles. The first-order valence-corrected chi connectivity index (χ1v) is 12.2. The van der Waals surface area contributed by atoms with Gasteiger partial charge in [-0.25, -0.2) is 9.97 Å². The summed E-state index contributed by atoms with van der Waals surface area (Å²) >= 11 is 5.99. The minimum Gasteiger partial charge on any atom is -0.489 e. The second kappa shape index (κ2) is 10.00. The number of para-hydroxylation sites is 1. The normalized spacial score (nSPS) is 17.7. The number of carbonyl (C=O) groups is 1. The van der Waals surface area contributed by atoms with E-state index in [0.29, 0.717) is 30.6 Å². The molecule has 8 nitrogen and oxygen atoms in total. The van der Waals surface area contributed by atoms with Crippen LogP contribution >= 0.6 is 11.6 Å². The molecular weight excluding hydrogens is 468 g/mol. The van der Waals surface area contributed by atoms with Crippen molar-refractivity contribution in [1.82, 2.24) is 9.97 Å². The Morgan fingerprint density at radius 1 is 1.14 bits per heavy atom. The molecule has 0 radical (unpaired) electrons. The van der Waals surface area contributed by atoms with Crippen LogP contribution in [0.5, 0.6) is 11.5 Å². The topological polar surface area (TPSA) is 85.8 Å². The number of nitrogens with one attached hydrogen (secondary N) is 1. The summed E-state index contributed by atoms with van der Waals surface area (Å²) < 4.78 is 17.4. The first-order chi connectivity index (χ1) is 17.1. The zero-order valence-corrected chi connectivity index (χ0v) is 20.4. The number of nitrogens with zero attached hydrogens (tertiary/aromatic N) is 3. The van der Waals surface area contributed by atoms with Gasteiger partial charge in [-0.05, 0) is 24.6 Å². The van der Waals surface area contributed by atoms with Crippen molar-refractivity contribution in [1.29, 1.82) is 0 Å². The van der Waals surface area contributed by atoms with Gasteiger partial charge in [-0.2, -0.15) is 0 Å². The van der Waals surface area contributed by atoms with Crippen LogP contribution in [-0.2, 0) is 9.53 Å². The lowest BCUT2D eigenvalue weighted by Crippen LogP contribution is -2.20. The third kappa shape index (κ3) is 4.71. The third-order valence-electron chi connectivity index (χ3n) is 6.03. The standard InChI is InChI=1S/C26H27ClN4O4/c1-3-10-31(26-28-12-16(27)13-29-26)21-7-5-6-18-20(14-34-25(18)21)30-17-8-9-19-22(11-17)33-15-23(19)35-24(32)4-2/h5-9,11-13,20,23,30H,3-4,10,14-15H2,1-2H3/t20-,23-/m1/s1. The summed E-state index contributed by atoms with van der Waals surface area (Å²) in [6.07, 6.45) is 4.11. The van der Waals surface area contributed by atoms with Crippen molar-refractivity contribution in [3.8, 4) is 11.5 Å². The highest BCUT2D eigenvalue weighted by Gasteiger charge is 2.31. The summed E-state index contributed by atoms with van der Waals surface area (Å²) in [5.41, 5.74) is 3.79. The number of ether oxygens (including phenoxy) is 3. The van der Waals surface area contributed by atoms with Crippen LogP contribution in [0.2, 0.25) is 5.02 Å². The summed E-state index contributed by atoms with van der Waals surface area (Å²) in [6, 6.07) is 12.0. The van der Waals surface area contributed by atoms with Gasteiger partial charge in [0.1, 0.15) is 24.7 Å². The molecule has 0 amide bonds. The highest BCUT2D eigenvalue weighted by Crippen LogP contribution is 2.44. The molecule has 2 atom stereocenters. The summed E-state index contributed by atoms with van der Waals surface area (Å²) in [7, 11) is 0. The molecule has 0 bridgehead atoms. The quantitative estimate of drug-likeness (QED) is 0.404. The molecule has 5 rings (SSSR count). The SMILES string of the molecule is CCCN(c1ncc(Cl)cn1)c1cccc2c1OC[C@H]2Nc1ccc2c(c1)OC[C@H]2OC(=O)CC. The van der Waals surface area contributed by atoms with Gasteiger partial charge in [0, 0.05) is 35.8 Å². The second-order valence-corrected chi connectivity index (χ2v) is 8.89. The van der Waals surface area contributed by atoms with Gasteiger partial charge in [-0.1, -0.05) is 37.6 Å². The van der Waals surface area contributed by atoms with E-state index in [2.05, 4.69) is 33.2 Å². The highest BCUT2D eigenvalue weighted by atomic mass is 35.5. The molecule has 0 spiro atoms. The van der Waals surface area contributed by atoms with Crippen molar-refractivity contribution in [3.05, 3.63) is 64.9 Å². The number of fused-ring (bicyclic) bond motifs is 2. The van der Waals surface area contributed by atoms with Crippen molar-refractivity contribution in [3.63, 3.8) is 0 Å². The molecule has 9 heteroatoms. The first-order valence-electron chi connectivity index (χ1n) is 11.8. The van der Waals surface area contributed by atoms with Crippen LogP contribution in [0, 0.1) is 0 Å². The Hall–Kier alpha value is -3.52. The van der Waals surface area contributed by atoms with Crippen molar-refractivity contribution >= 4 is 34.9 Å². The minimum absolute atomic E-state index is 0.0345. The maximum atomic E-state index is 11.7. The maximum Gasteiger partial charge on any atom is 0.306 e. The fraction of sp³-hybridized carbons (Fsp3) is 0.346. The number of carbonyl (C=O) groups excluding carboxylic acids is 1. The van der Waals surface area contributed by atoms with E-state index in [9.17, 15) is 4.79 Å². The molecule has 0 saturated heterocycles. The predicted octanol–water partition coefficient (Wildman–Crippen LogP) is 5.61. The zero-order chi connectivity index (χ0) is 24.4. The largest absolute Gasteiger partial charge is 0.489 e. The summed E-state index contributed by atoms with van der Waals surface area (Å²) in [5.74, 6) is 1.90. The first kappa shape index (κ1) is 23.2. The Morgan fingerprint density at radius 2 is 1.97 bits per heavy atom.